The Morgan fingerprint density at radius 1 is 1.17 bits per heavy atom. The van der Waals surface area contributed by atoms with Crippen molar-refractivity contribution >= 4 is 12.4 Å². The third-order valence-electron chi connectivity index (χ3n) is 4.09. The molecular weight excluding hydrogens is 340 g/mol. The van der Waals surface area contributed by atoms with E-state index in [1.807, 2.05) is 0 Å². The second-order valence-electron chi connectivity index (χ2n) is 5.65. The molecule has 126 valence electrons. The lowest BCUT2D eigenvalue weighted by Gasteiger charge is -2.34. The molecule has 4 rings (SSSR count). The van der Waals surface area contributed by atoms with Gasteiger partial charge in [-0.25, -0.2) is 13.5 Å². The quantitative estimate of drug-likeness (QED) is 0.782. The van der Waals surface area contributed by atoms with Crippen molar-refractivity contribution in [1.29, 1.82) is 0 Å². The van der Waals surface area contributed by atoms with Gasteiger partial charge in [-0.2, -0.15) is 10.1 Å². The van der Waals surface area contributed by atoms with Crippen LogP contribution in [0.5, 0.6) is 0 Å². The SMILES string of the molecule is Cl.NC1(c2noc(-c3ccn(-c4c(F)cccc4F)n3)n2)CCC1. The molecule has 1 aliphatic carbocycles. The van der Waals surface area contributed by atoms with Crippen molar-refractivity contribution in [3.8, 4) is 17.3 Å². The Bertz CT molecular complexity index is 854. The fourth-order valence-electron chi connectivity index (χ4n) is 2.58. The van der Waals surface area contributed by atoms with E-state index in [1.54, 1.807) is 6.07 Å². The fraction of sp³-hybridized carbons (Fsp3) is 0.267. The second kappa shape index (κ2) is 5.95. The molecule has 2 N–H and O–H groups in total. The number of aromatic nitrogens is 4. The van der Waals surface area contributed by atoms with Crippen LogP contribution in [-0.4, -0.2) is 19.9 Å². The number of rotatable bonds is 3. The summed E-state index contributed by atoms with van der Waals surface area (Å²) in [6.07, 6.45) is 4.07. The number of nitrogens with two attached hydrogens (primary N) is 1. The van der Waals surface area contributed by atoms with E-state index in [2.05, 4.69) is 15.2 Å². The molecule has 0 unspecified atom stereocenters. The van der Waals surface area contributed by atoms with Crippen LogP contribution in [0.2, 0.25) is 0 Å². The first-order valence-electron chi connectivity index (χ1n) is 7.20. The van der Waals surface area contributed by atoms with Gasteiger partial charge in [-0.15, -0.1) is 12.4 Å². The molecule has 24 heavy (non-hydrogen) atoms. The normalized spacial score (nSPS) is 15.6. The monoisotopic (exact) mass is 353 g/mol. The van der Waals surface area contributed by atoms with E-state index in [0.717, 1.165) is 23.9 Å². The summed E-state index contributed by atoms with van der Waals surface area (Å²) in [5, 5.41) is 8.01. The Kier molecular flexibility index (Phi) is 4.10. The van der Waals surface area contributed by atoms with E-state index in [1.165, 1.54) is 24.4 Å². The van der Waals surface area contributed by atoms with Gasteiger partial charge < -0.3 is 10.3 Å². The van der Waals surface area contributed by atoms with Crippen LogP contribution in [-0.2, 0) is 5.54 Å². The highest BCUT2D eigenvalue weighted by Gasteiger charge is 2.39. The Hall–Kier alpha value is -2.32. The highest BCUT2D eigenvalue weighted by molar-refractivity contribution is 5.85. The zero-order valence-electron chi connectivity index (χ0n) is 12.4. The van der Waals surface area contributed by atoms with E-state index >= 15 is 0 Å². The Labute approximate surface area is 142 Å². The highest BCUT2D eigenvalue weighted by Crippen LogP contribution is 2.37. The topological polar surface area (TPSA) is 82.8 Å². The first-order chi connectivity index (χ1) is 11.1. The summed E-state index contributed by atoms with van der Waals surface area (Å²) in [6, 6.07) is 5.17. The van der Waals surface area contributed by atoms with Crippen LogP contribution in [0.25, 0.3) is 17.3 Å². The molecule has 0 atom stereocenters. The molecule has 1 saturated carbocycles. The third kappa shape index (κ3) is 2.57. The molecule has 6 nitrogen and oxygen atoms in total. The van der Waals surface area contributed by atoms with Crippen LogP contribution in [0.15, 0.2) is 35.0 Å². The van der Waals surface area contributed by atoms with Gasteiger partial charge in [0.2, 0.25) is 0 Å². The maximum atomic E-state index is 13.8. The van der Waals surface area contributed by atoms with Gasteiger partial charge >= 0.3 is 0 Å². The number of hydrogen-bond acceptors (Lipinski definition) is 5. The Morgan fingerprint density at radius 3 is 2.50 bits per heavy atom. The fourth-order valence-corrected chi connectivity index (χ4v) is 2.58. The van der Waals surface area contributed by atoms with Gasteiger partial charge in [-0.3, -0.25) is 0 Å². The van der Waals surface area contributed by atoms with E-state index in [0.29, 0.717) is 11.5 Å². The van der Waals surface area contributed by atoms with Gasteiger partial charge in [0.1, 0.15) is 5.69 Å². The summed E-state index contributed by atoms with van der Waals surface area (Å²) >= 11 is 0. The van der Waals surface area contributed by atoms with Crippen LogP contribution >= 0.6 is 12.4 Å². The average Bonchev–Trinajstić information content (AvgIpc) is 3.13. The summed E-state index contributed by atoms with van der Waals surface area (Å²) in [6.45, 7) is 0. The second-order valence-corrected chi connectivity index (χ2v) is 5.65. The van der Waals surface area contributed by atoms with Crippen molar-refractivity contribution in [3.05, 3.63) is 47.9 Å². The predicted molar refractivity (Wildman–Crippen MR) is 83.7 cm³/mol. The molecule has 0 amide bonds. The van der Waals surface area contributed by atoms with Crippen molar-refractivity contribution < 1.29 is 13.3 Å². The lowest BCUT2D eigenvalue weighted by molar-refractivity contribution is 0.229. The van der Waals surface area contributed by atoms with Crippen LogP contribution in [0.1, 0.15) is 25.1 Å². The summed E-state index contributed by atoms with van der Waals surface area (Å²) in [5.74, 6) is -0.805. The molecule has 0 saturated heterocycles. The standard InChI is InChI=1S/C15H13F2N5O.ClH/c16-9-3-1-4-10(17)12(9)22-8-5-11(20-22)13-19-14(21-23-13)15(18)6-2-7-15;/h1,3-5,8H,2,6-7,18H2;1H. The molecule has 0 radical (unpaired) electrons. The van der Waals surface area contributed by atoms with Crippen molar-refractivity contribution in [2.24, 2.45) is 5.73 Å². The molecule has 2 aromatic heterocycles. The third-order valence-corrected chi connectivity index (χ3v) is 4.09. The molecule has 1 fully saturated rings. The van der Waals surface area contributed by atoms with Crippen LogP contribution in [0, 0.1) is 11.6 Å². The molecule has 3 aromatic rings. The van der Waals surface area contributed by atoms with E-state index < -0.39 is 17.2 Å². The minimum atomic E-state index is -0.707. The molecule has 0 bridgehead atoms. The van der Waals surface area contributed by atoms with Crippen molar-refractivity contribution in [2.45, 2.75) is 24.8 Å². The van der Waals surface area contributed by atoms with Gasteiger partial charge in [0.15, 0.2) is 23.2 Å². The predicted octanol–water partition coefficient (Wildman–Crippen LogP) is 2.96. The van der Waals surface area contributed by atoms with E-state index in [4.69, 9.17) is 10.3 Å². The zero-order chi connectivity index (χ0) is 16.0. The van der Waals surface area contributed by atoms with Crippen molar-refractivity contribution in [1.82, 2.24) is 19.9 Å². The molecule has 9 heteroatoms. The maximum absolute atomic E-state index is 13.8. The zero-order valence-corrected chi connectivity index (χ0v) is 13.3. The van der Waals surface area contributed by atoms with E-state index in [9.17, 15) is 8.78 Å². The molecule has 0 aliphatic heterocycles. The molecule has 1 aromatic carbocycles. The molecular formula is C15H14ClF2N5O. The molecule has 2 heterocycles. The first-order valence-corrected chi connectivity index (χ1v) is 7.20. The lowest BCUT2D eigenvalue weighted by atomic mass is 9.77. The number of para-hydroxylation sites is 1. The van der Waals surface area contributed by atoms with Gasteiger partial charge in [-0.1, -0.05) is 11.2 Å². The van der Waals surface area contributed by atoms with Gasteiger partial charge in [0.25, 0.3) is 5.89 Å². The lowest BCUT2D eigenvalue weighted by Crippen LogP contribution is -2.44. The van der Waals surface area contributed by atoms with Crippen LogP contribution in [0.3, 0.4) is 0 Å². The Morgan fingerprint density at radius 2 is 1.88 bits per heavy atom. The van der Waals surface area contributed by atoms with Gasteiger partial charge in [-0.05, 0) is 37.5 Å². The van der Waals surface area contributed by atoms with Gasteiger partial charge in [0, 0.05) is 6.20 Å². The Balaban J connectivity index is 0.00000169. The number of hydrogen-bond donors (Lipinski definition) is 1. The maximum Gasteiger partial charge on any atom is 0.278 e. The van der Waals surface area contributed by atoms with Crippen molar-refractivity contribution in [2.75, 3.05) is 0 Å². The van der Waals surface area contributed by atoms with Crippen LogP contribution in [0.4, 0.5) is 8.78 Å². The first kappa shape index (κ1) is 16.5. The number of halogens is 3. The number of nitrogens with zero attached hydrogens (tertiary/aromatic N) is 4. The van der Waals surface area contributed by atoms with Crippen LogP contribution < -0.4 is 5.73 Å². The molecule has 1 aliphatic rings. The molecule has 0 spiro atoms. The summed E-state index contributed by atoms with van der Waals surface area (Å²) in [4.78, 5) is 4.26. The largest absolute Gasteiger partial charge is 0.332 e. The average molecular weight is 354 g/mol. The minimum Gasteiger partial charge on any atom is -0.332 e. The smallest absolute Gasteiger partial charge is 0.278 e. The summed E-state index contributed by atoms with van der Waals surface area (Å²) in [7, 11) is 0. The minimum absolute atomic E-state index is 0. The van der Waals surface area contributed by atoms with E-state index in [-0.39, 0.29) is 24.0 Å². The van der Waals surface area contributed by atoms with Crippen molar-refractivity contribution in [3.63, 3.8) is 0 Å². The summed E-state index contributed by atoms with van der Waals surface area (Å²) in [5.41, 5.74) is 5.67. The number of benzene rings is 1. The highest BCUT2D eigenvalue weighted by atomic mass is 35.5. The summed E-state index contributed by atoms with van der Waals surface area (Å²) < 4.78 is 33.9. The van der Waals surface area contributed by atoms with Gasteiger partial charge in [0.05, 0.1) is 5.54 Å².